The zero-order valence-electron chi connectivity index (χ0n) is 13.3. The second-order valence-electron chi connectivity index (χ2n) is 6.43. The van der Waals surface area contributed by atoms with Crippen molar-refractivity contribution in [1.29, 1.82) is 0 Å². The van der Waals surface area contributed by atoms with E-state index in [1.54, 1.807) is 4.90 Å². The Bertz CT molecular complexity index is 491. The van der Waals surface area contributed by atoms with Crippen LogP contribution < -0.4 is 5.32 Å². The Balaban J connectivity index is 1.75. The molecule has 1 fully saturated rings. The first-order chi connectivity index (χ1) is 9.89. The van der Waals surface area contributed by atoms with Gasteiger partial charge >= 0.3 is 6.09 Å². The first kappa shape index (κ1) is 15.8. The molecule has 5 nitrogen and oxygen atoms in total. The van der Waals surface area contributed by atoms with Crippen LogP contribution in [0.2, 0.25) is 0 Å². The van der Waals surface area contributed by atoms with Crippen LogP contribution in [0, 0.1) is 0 Å². The normalized spacial score (nSPS) is 15.7. The highest BCUT2D eigenvalue weighted by Crippen LogP contribution is 2.15. The van der Waals surface area contributed by atoms with Gasteiger partial charge in [-0.15, -0.1) is 0 Å². The Labute approximate surface area is 126 Å². The zero-order valence-corrected chi connectivity index (χ0v) is 13.3. The van der Waals surface area contributed by atoms with Crippen LogP contribution in [0.15, 0.2) is 18.3 Å². The fourth-order valence-corrected chi connectivity index (χ4v) is 2.28. The van der Waals surface area contributed by atoms with Gasteiger partial charge in [0.2, 0.25) is 0 Å². The van der Waals surface area contributed by atoms with Crippen LogP contribution in [0.4, 0.5) is 4.79 Å². The predicted octanol–water partition coefficient (Wildman–Crippen LogP) is 2.35. The summed E-state index contributed by atoms with van der Waals surface area (Å²) < 4.78 is 5.34. The highest BCUT2D eigenvalue weighted by molar-refractivity contribution is 5.69. The number of carbonyl (C=O) groups is 1. The number of ether oxygens (including phenoxy) is 1. The molecule has 5 heteroatoms. The van der Waals surface area contributed by atoms with Crippen molar-refractivity contribution in [2.45, 2.75) is 52.3 Å². The summed E-state index contributed by atoms with van der Waals surface area (Å²) in [6.07, 6.45) is 2.58. The van der Waals surface area contributed by atoms with Gasteiger partial charge in [0.1, 0.15) is 5.60 Å². The van der Waals surface area contributed by atoms with Gasteiger partial charge in [0.15, 0.2) is 0 Å². The summed E-state index contributed by atoms with van der Waals surface area (Å²) in [4.78, 5) is 18.0. The lowest BCUT2D eigenvalue weighted by Gasteiger charge is -2.40. The molecule has 0 aromatic carbocycles. The molecule has 0 unspecified atom stereocenters. The van der Waals surface area contributed by atoms with E-state index in [4.69, 9.17) is 4.74 Å². The van der Waals surface area contributed by atoms with Crippen molar-refractivity contribution in [3.05, 3.63) is 29.6 Å². The topological polar surface area (TPSA) is 54.5 Å². The van der Waals surface area contributed by atoms with E-state index in [0.29, 0.717) is 19.1 Å². The number of hydrogen-bond donors (Lipinski definition) is 1. The molecule has 116 valence electrons. The molecule has 0 saturated carbocycles. The van der Waals surface area contributed by atoms with Crippen LogP contribution in [0.25, 0.3) is 0 Å². The lowest BCUT2D eigenvalue weighted by molar-refractivity contribution is 0.00515. The third-order valence-corrected chi connectivity index (χ3v) is 3.46. The van der Waals surface area contributed by atoms with Crippen molar-refractivity contribution in [1.82, 2.24) is 15.2 Å². The third kappa shape index (κ3) is 4.43. The maximum Gasteiger partial charge on any atom is 0.410 e. The maximum atomic E-state index is 11.8. The molecule has 1 saturated heterocycles. The first-order valence-corrected chi connectivity index (χ1v) is 7.53. The van der Waals surface area contributed by atoms with Crippen LogP contribution in [-0.4, -0.2) is 40.7 Å². The summed E-state index contributed by atoms with van der Waals surface area (Å²) in [7, 11) is 0. The molecule has 21 heavy (non-hydrogen) atoms. The van der Waals surface area contributed by atoms with E-state index in [2.05, 4.69) is 23.3 Å². The largest absolute Gasteiger partial charge is 0.444 e. The van der Waals surface area contributed by atoms with Crippen molar-refractivity contribution in [2.24, 2.45) is 0 Å². The number of aromatic nitrogens is 1. The van der Waals surface area contributed by atoms with Crippen LogP contribution in [0.1, 0.15) is 39.0 Å². The summed E-state index contributed by atoms with van der Waals surface area (Å²) in [5, 5.41) is 3.45. The van der Waals surface area contributed by atoms with E-state index in [9.17, 15) is 4.79 Å². The lowest BCUT2D eigenvalue weighted by Crippen LogP contribution is -2.60. The zero-order chi connectivity index (χ0) is 15.5. The fraction of sp³-hybridized carbons (Fsp3) is 0.625. The first-order valence-electron chi connectivity index (χ1n) is 7.53. The van der Waals surface area contributed by atoms with E-state index in [-0.39, 0.29) is 6.09 Å². The number of carbonyl (C=O) groups excluding carboxylic acids is 1. The van der Waals surface area contributed by atoms with Gasteiger partial charge < -0.3 is 15.0 Å². The quantitative estimate of drug-likeness (QED) is 0.925. The minimum atomic E-state index is -0.431. The van der Waals surface area contributed by atoms with Gasteiger partial charge in [-0.2, -0.15) is 0 Å². The number of amides is 1. The Kier molecular flexibility index (Phi) is 4.83. The molecule has 0 aliphatic carbocycles. The molecule has 0 spiro atoms. The van der Waals surface area contributed by atoms with E-state index < -0.39 is 5.60 Å². The standard InChI is InChI=1S/C16H25N3O2/c1-5-12-7-6-8-17-14(12)9-18-13-10-19(11-13)15(20)21-16(2,3)4/h6-8,13,18H,5,9-11H2,1-4H3. The van der Waals surface area contributed by atoms with Crippen molar-refractivity contribution in [3.63, 3.8) is 0 Å². The van der Waals surface area contributed by atoms with Crippen molar-refractivity contribution < 1.29 is 9.53 Å². The summed E-state index contributed by atoms with van der Waals surface area (Å²) in [6, 6.07) is 4.40. The molecular weight excluding hydrogens is 266 g/mol. The number of pyridine rings is 1. The van der Waals surface area contributed by atoms with Gasteiger partial charge in [-0.1, -0.05) is 13.0 Å². The number of rotatable bonds is 4. The Hall–Kier alpha value is -1.62. The number of nitrogens with zero attached hydrogens (tertiary/aromatic N) is 2. The molecule has 1 aliphatic rings. The van der Waals surface area contributed by atoms with Gasteiger partial charge in [0.05, 0.1) is 5.69 Å². The van der Waals surface area contributed by atoms with Gasteiger partial charge in [0, 0.05) is 31.9 Å². The van der Waals surface area contributed by atoms with Crippen LogP contribution in [-0.2, 0) is 17.7 Å². The monoisotopic (exact) mass is 291 g/mol. The summed E-state index contributed by atoms with van der Waals surface area (Å²) in [5.41, 5.74) is 1.93. The van der Waals surface area contributed by atoms with E-state index in [0.717, 1.165) is 18.7 Å². The molecule has 0 atom stereocenters. The fourth-order valence-electron chi connectivity index (χ4n) is 2.28. The molecule has 1 aromatic heterocycles. The molecule has 0 radical (unpaired) electrons. The lowest BCUT2D eigenvalue weighted by atomic mass is 10.1. The second-order valence-corrected chi connectivity index (χ2v) is 6.43. The summed E-state index contributed by atoms with van der Waals surface area (Å²) in [6.45, 7) is 9.92. The van der Waals surface area contributed by atoms with Crippen LogP contribution >= 0.6 is 0 Å². The summed E-state index contributed by atoms with van der Waals surface area (Å²) in [5.74, 6) is 0. The molecule has 1 amide bonds. The molecule has 1 aliphatic heterocycles. The SMILES string of the molecule is CCc1cccnc1CNC1CN(C(=O)OC(C)(C)C)C1. The number of nitrogens with one attached hydrogen (secondary N) is 1. The second kappa shape index (κ2) is 6.43. The molecule has 1 N–H and O–H groups in total. The number of hydrogen-bond acceptors (Lipinski definition) is 4. The van der Waals surface area contributed by atoms with E-state index in [1.807, 2.05) is 33.0 Å². The Morgan fingerprint density at radius 1 is 1.48 bits per heavy atom. The van der Waals surface area contributed by atoms with Crippen molar-refractivity contribution in [3.8, 4) is 0 Å². The molecular formula is C16H25N3O2. The average molecular weight is 291 g/mol. The molecule has 2 rings (SSSR count). The smallest absolute Gasteiger partial charge is 0.410 e. The van der Waals surface area contributed by atoms with Gasteiger partial charge in [-0.3, -0.25) is 4.98 Å². The Morgan fingerprint density at radius 2 is 2.19 bits per heavy atom. The Morgan fingerprint density at radius 3 is 2.81 bits per heavy atom. The van der Waals surface area contributed by atoms with Crippen molar-refractivity contribution >= 4 is 6.09 Å². The number of likely N-dealkylation sites (tertiary alicyclic amines) is 1. The molecule has 1 aromatic rings. The highest BCUT2D eigenvalue weighted by Gasteiger charge is 2.33. The minimum Gasteiger partial charge on any atom is -0.444 e. The van der Waals surface area contributed by atoms with E-state index >= 15 is 0 Å². The average Bonchev–Trinajstić information content (AvgIpc) is 2.35. The molecule has 0 bridgehead atoms. The maximum absolute atomic E-state index is 11.8. The van der Waals surface area contributed by atoms with Crippen molar-refractivity contribution in [2.75, 3.05) is 13.1 Å². The van der Waals surface area contributed by atoms with Crippen LogP contribution in [0.5, 0.6) is 0 Å². The van der Waals surface area contributed by atoms with Crippen LogP contribution in [0.3, 0.4) is 0 Å². The van der Waals surface area contributed by atoms with Gasteiger partial charge in [-0.25, -0.2) is 4.79 Å². The summed E-state index contributed by atoms with van der Waals surface area (Å²) >= 11 is 0. The van der Waals surface area contributed by atoms with Gasteiger partial charge in [0.25, 0.3) is 0 Å². The predicted molar refractivity (Wildman–Crippen MR) is 82.0 cm³/mol. The molecule has 2 heterocycles. The minimum absolute atomic E-state index is 0.229. The number of aryl methyl sites for hydroxylation is 1. The van der Waals surface area contributed by atoms with Gasteiger partial charge in [-0.05, 0) is 38.8 Å². The third-order valence-electron chi connectivity index (χ3n) is 3.46. The van der Waals surface area contributed by atoms with E-state index in [1.165, 1.54) is 5.56 Å². The highest BCUT2D eigenvalue weighted by atomic mass is 16.6.